The van der Waals surface area contributed by atoms with E-state index in [9.17, 15) is 0 Å². The van der Waals surface area contributed by atoms with E-state index >= 15 is 0 Å². The molecule has 0 radical (unpaired) electrons. The normalized spacial score (nSPS) is 16.4. The Balaban J connectivity index is 1.75. The molecule has 1 aromatic rings. The molecule has 0 unspecified atom stereocenters. The van der Waals surface area contributed by atoms with E-state index in [1.54, 1.807) is 4.68 Å². The molecule has 0 aliphatic heterocycles. The summed E-state index contributed by atoms with van der Waals surface area (Å²) in [4.78, 5) is 0. The van der Waals surface area contributed by atoms with Crippen LogP contribution in [0.1, 0.15) is 36.9 Å². The van der Waals surface area contributed by atoms with Crippen LogP contribution < -0.4 is 5.32 Å². The van der Waals surface area contributed by atoms with Crippen molar-refractivity contribution in [2.45, 2.75) is 39.2 Å². The highest BCUT2D eigenvalue weighted by molar-refractivity contribution is 6.30. The molecule has 90 valence electrons. The Kier molecular flexibility index (Phi) is 3.87. The predicted octanol–water partition coefficient (Wildman–Crippen LogP) is 2.66. The van der Waals surface area contributed by atoms with Crippen molar-refractivity contribution in [1.29, 1.82) is 0 Å². The summed E-state index contributed by atoms with van der Waals surface area (Å²) >= 11 is 6.15. The second-order valence-electron chi connectivity index (χ2n) is 4.74. The third-order valence-electron chi connectivity index (χ3n) is 3.53. The fourth-order valence-corrected chi connectivity index (χ4v) is 2.42. The zero-order chi connectivity index (χ0) is 11.5. The van der Waals surface area contributed by atoms with Crippen LogP contribution in [0.2, 0.25) is 5.15 Å². The zero-order valence-corrected chi connectivity index (χ0v) is 10.8. The minimum atomic E-state index is 0.758. The van der Waals surface area contributed by atoms with Crippen LogP contribution in [-0.4, -0.2) is 16.3 Å². The van der Waals surface area contributed by atoms with Gasteiger partial charge in [-0.1, -0.05) is 30.9 Å². The average Bonchev–Trinajstić information content (AvgIpc) is 2.41. The summed E-state index contributed by atoms with van der Waals surface area (Å²) in [5.41, 5.74) is 2.17. The molecule has 1 saturated carbocycles. The zero-order valence-electron chi connectivity index (χ0n) is 10.1. The van der Waals surface area contributed by atoms with Gasteiger partial charge in [0.1, 0.15) is 5.15 Å². The highest BCUT2D eigenvalue weighted by Crippen LogP contribution is 2.28. The van der Waals surface area contributed by atoms with Crippen LogP contribution in [0.3, 0.4) is 0 Å². The molecule has 4 heteroatoms. The van der Waals surface area contributed by atoms with E-state index in [-0.39, 0.29) is 0 Å². The third kappa shape index (κ3) is 2.58. The number of nitrogens with zero attached hydrogens (tertiary/aromatic N) is 2. The van der Waals surface area contributed by atoms with Gasteiger partial charge in [0.05, 0.1) is 5.69 Å². The maximum Gasteiger partial charge on any atom is 0.131 e. The minimum Gasteiger partial charge on any atom is -0.312 e. The van der Waals surface area contributed by atoms with Crippen molar-refractivity contribution in [3.8, 4) is 0 Å². The molecule has 16 heavy (non-hydrogen) atoms. The van der Waals surface area contributed by atoms with Gasteiger partial charge >= 0.3 is 0 Å². The number of halogens is 1. The summed E-state index contributed by atoms with van der Waals surface area (Å²) in [5, 5.41) is 8.51. The molecule has 2 rings (SSSR count). The summed E-state index contributed by atoms with van der Waals surface area (Å²) in [6.45, 7) is 3.94. The Morgan fingerprint density at radius 2 is 2.25 bits per heavy atom. The fourth-order valence-electron chi connectivity index (χ4n) is 2.18. The summed E-state index contributed by atoms with van der Waals surface area (Å²) in [7, 11) is 1.88. The summed E-state index contributed by atoms with van der Waals surface area (Å²) in [5.74, 6) is 0.970. The number of aryl methyl sites for hydroxylation is 2. The van der Waals surface area contributed by atoms with Gasteiger partial charge in [-0.05, 0) is 25.8 Å². The SMILES string of the molecule is Cc1nn(C)c(Cl)c1CNCCC1CCC1. The van der Waals surface area contributed by atoms with Crippen LogP contribution in [0, 0.1) is 12.8 Å². The lowest BCUT2D eigenvalue weighted by Crippen LogP contribution is -2.21. The molecule has 0 aromatic carbocycles. The molecular formula is C12H20ClN3. The van der Waals surface area contributed by atoms with Gasteiger partial charge in [-0.2, -0.15) is 5.10 Å². The van der Waals surface area contributed by atoms with Crippen LogP contribution in [0.4, 0.5) is 0 Å². The Bertz CT molecular complexity index is 355. The smallest absolute Gasteiger partial charge is 0.131 e. The molecule has 1 heterocycles. The lowest BCUT2D eigenvalue weighted by molar-refractivity contribution is 0.292. The minimum absolute atomic E-state index is 0.758. The van der Waals surface area contributed by atoms with E-state index in [2.05, 4.69) is 10.4 Å². The topological polar surface area (TPSA) is 29.9 Å². The van der Waals surface area contributed by atoms with Gasteiger partial charge in [-0.25, -0.2) is 0 Å². The first kappa shape index (κ1) is 11.9. The number of hydrogen-bond acceptors (Lipinski definition) is 2. The van der Waals surface area contributed by atoms with Crippen molar-refractivity contribution in [3.63, 3.8) is 0 Å². The molecule has 0 amide bonds. The predicted molar refractivity (Wildman–Crippen MR) is 66.6 cm³/mol. The molecule has 1 fully saturated rings. The lowest BCUT2D eigenvalue weighted by atomic mass is 9.83. The molecule has 1 aromatic heterocycles. The van der Waals surface area contributed by atoms with Gasteiger partial charge in [0.2, 0.25) is 0 Å². The van der Waals surface area contributed by atoms with E-state index in [0.29, 0.717) is 0 Å². The molecule has 3 nitrogen and oxygen atoms in total. The Morgan fingerprint density at radius 3 is 2.75 bits per heavy atom. The Labute approximate surface area is 102 Å². The first-order valence-electron chi connectivity index (χ1n) is 6.07. The maximum atomic E-state index is 6.15. The second-order valence-corrected chi connectivity index (χ2v) is 5.10. The van der Waals surface area contributed by atoms with Crippen LogP contribution in [0.15, 0.2) is 0 Å². The molecule has 1 aliphatic rings. The number of rotatable bonds is 5. The molecule has 0 bridgehead atoms. The van der Waals surface area contributed by atoms with Crippen molar-refractivity contribution < 1.29 is 0 Å². The van der Waals surface area contributed by atoms with Crippen LogP contribution >= 0.6 is 11.6 Å². The van der Waals surface area contributed by atoms with Crippen molar-refractivity contribution in [3.05, 3.63) is 16.4 Å². The Morgan fingerprint density at radius 1 is 1.50 bits per heavy atom. The van der Waals surface area contributed by atoms with Crippen molar-refractivity contribution in [2.24, 2.45) is 13.0 Å². The lowest BCUT2D eigenvalue weighted by Gasteiger charge is -2.25. The quantitative estimate of drug-likeness (QED) is 0.804. The van der Waals surface area contributed by atoms with Gasteiger partial charge in [0.25, 0.3) is 0 Å². The van der Waals surface area contributed by atoms with Crippen LogP contribution in [-0.2, 0) is 13.6 Å². The summed E-state index contributed by atoms with van der Waals surface area (Å²) < 4.78 is 1.74. The molecule has 0 spiro atoms. The maximum absolute atomic E-state index is 6.15. The van der Waals surface area contributed by atoms with Crippen LogP contribution in [0.5, 0.6) is 0 Å². The summed E-state index contributed by atoms with van der Waals surface area (Å²) in [6, 6.07) is 0. The van der Waals surface area contributed by atoms with Gasteiger partial charge in [0, 0.05) is 19.2 Å². The first-order valence-corrected chi connectivity index (χ1v) is 6.45. The average molecular weight is 242 g/mol. The molecular weight excluding hydrogens is 222 g/mol. The highest BCUT2D eigenvalue weighted by Gasteiger charge is 2.16. The molecule has 1 aliphatic carbocycles. The number of nitrogens with one attached hydrogen (secondary N) is 1. The van der Waals surface area contributed by atoms with Crippen molar-refractivity contribution in [2.75, 3.05) is 6.54 Å². The third-order valence-corrected chi connectivity index (χ3v) is 4.00. The van der Waals surface area contributed by atoms with Crippen molar-refractivity contribution >= 4 is 11.6 Å². The number of hydrogen-bond donors (Lipinski definition) is 1. The van der Waals surface area contributed by atoms with E-state index in [1.807, 2.05) is 14.0 Å². The standard InChI is InChI=1S/C12H20ClN3/c1-9-11(12(13)16(2)15-9)8-14-7-6-10-4-3-5-10/h10,14H,3-8H2,1-2H3. The number of aromatic nitrogens is 2. The van der Waals surface area contributed by atoms with E-state index in [1.165, 1.54) is 25.7 Å². The Hall–Kier alpha value is -0.540. The van der Waals surface area contributed by atoms with E-state index in [0.717, 1.165) is 35.4 Å². The summed E-state index contributed by atoms with van der Waals surface area (Å²) in [6.07, 6.45) is 5.58. The van der Waals surface area contributed by atoms with E-state index in [4.69, 9.17) is 11.6 Å². The van der Waals surface area contributed by atoms with Gasteiger partial charge in [-0.15, -0.1) is 0 Å². The first-order chi connectivity index (χ1) is 7.68. The van der Waals surface area contributed by atoms with Crippen LogP contribution in [0.25, 0.3) is 0 Å². The molecule has 0 atom stereocenters. The molecule has 0 saturated heterocycles. The highest BCUT2D eigenvalue weighted by atomic mass is 35.5. The largest absolute Gasteiger partial charge is 0.312 e. The van der Waals surface area contributed by atoms with Crippen molar-refractivity contribution in [1.82, 2.24) is 15.1 Å². The molecule has 1 N–H and O–H groups in total. The second kappa shape index (κ2) is 5.19. The van der Waals surface area contributed by atoms with E-state index < -0.39 is 0 Å². The van der Waals surface area contributed by atoms with Gasteiger partial charge in [-0.3, -0.25) is 4.68 Å². The fraction of sp³-hybridized carbons (Fsp3) is 0.750. The van der Waals surface area contributed by atoms with Gasteiger partial charge in [0.15, 0.2) is 0 Å². The monoisotopic (exact) mass is 241 g/mol. The van der Waals surface area contributed by atoms with Gasteiger partial charge < -0.3 is 5.32 Å².